The molecule has 5 rings (SSSR count). The summed E-state index contributed by atoms with van der Waals surface area (Å²) in [5, 5.41) is 0. The topological polar surface area (TPSA) is 67.8 Å². The Hall–Kier alpha value is -3.66. The number of aromatic nitrogens is 2. The number of aryl methyl sites for hydroxylation is 1. The van der Waals surface area contributed by atoms with E-state index in [2.05, 4.69) is 0 Å². The smallest absolute Gasteiger partial charge is 0.416 e. The molecule has 3 heterocycles. The number of hydrogen-bond donors (Lipinski definition) is 0. The minimum atomic E-state index is -4.52. The van der Waals surface area contributed by atoms with Crippen LogP contribution in [0, 0.1) is 6.92 Å². The Morgan fingerprint density at radius 3 is 2.56 bits per heavy atom. The molecular formula is C26H25F3N4O3. The number of rotatable bonds is 4. The molecule has 1 amide bonds. The highest BCUT2D eigenvalue weighted by Gasteiger charge is 2.33. The van der Waals surface area contributed by atoms with Crippen LogP contribution in [0.1, 0.15) is 32.7 Å². The van der Waals surface area contributed by atoms with Crippen LogP contribution in [-0.2, 0) is 23.9 Å². The number of carbonyl (C=O) groups is 1. The van der Waals surface area contributed by atoms with E-state index >= 15 is 0 Å². The summed E-state index contributed by atoms with van der Waals surface area (Å²) >= 11 is 0. The van der Waals surface area contributed by atoms with Crippen molar-refractivity contribution in [1.82, 2.24) is 14.9 Å². The fourth-order valence-electron chi connectivity index (χ4n) is 4.34. The van der Waals surface area contributed by atoms with Gasteiger partial charge in [0.25, 0.3) is 5.91 Å². The lowest BCUT2D eigenvalue weighted by Crippen LogP contribution is -2.39. The fraction of sp³-hybridized carbons (Fsp3) is 0.346. The monoisotopic (exact) mass is 498 g/mol. The van der Waals surface area contributed by atoms with Crippen LogP contribution in [0.15, 0.2) is 48.5 Å². The third kappa shape index (κ3) is 5.13. The molecule has 2 aliphatic heterocycles. The van der Waals surface area contributed by atoms with Gasteiger partial charge in [0, 0.05) is 31.6 Å². The number of halogens is 3. The molecule has 0 bridgehead atoms. The Morgan fingerprint density at radius 2 is 1.81 bits per heavy atom. The molecule has 188 valence electrons. The van der Waals surface area contributed by atoms with Crippen molar-refractivity contribution < 1.29 is 27.4 Å². The molecule has 10 heteroatoms. The molecule has 1 aromatic heterocycles. The zero-order valence-corrected chi connectivity index (χ0v) is 19.7. The third-order valence-electron chi connectivity index (χ3n) is 6.23. The first-order chi connectivity index (χ1) is 17.3. The lowest BCUT2D eigenvalue weighted by Gasteiger charge is -2.32. The van der Waals surface area contributed by atoms with Crippen molar-refractivity contribution in [3.05, 3.63) is 76.5 Å². The van der Waals surface area contributed by atoms with E-state index in [-0.39, 0.29) is 12.1 Å². The number of anilines is 1. The molecule has 0 N–H and O–H groups in total. The number of alkyl halides is 3. The van der Waals surface area contributed by atoms with Crippen LogP contribution in [0.4, 0.5) is 19.1 Å². The number of benzene rings is 2. The molecule has 7 nitrogen and oxygen atoms in total. The molecule has 1 fully saturated rings. The van der Waals surface area contributed by atoms with Crippen molar-refractivity contribution in [3.63, 3.8) is 0 Å². The van der Waals surface area contributed by atoms with E-state index < -0.39 is 17.6 Å². The van der Waals surface area contributed by atoms with E-state index in [9.17, 15) is 18.0 Å². The first-order valence-corrected chi connectivity index (χ1v) is 11.7. The average Bonchev–Trinajstić information content (AvgIpc) is 2.88. The highest BCUT2D eigenvalue weighted by molar-refractivity contribution is 5.94. The second-order valence-electron chi connectivity index (χ2n) is 8.83. The maximum Gasteiger partial charge on any atom is 0.416 e. The van der Waals surface area contributed by atoms with Gasteiger partial charge < -0.3 is 19.3 Å². The Labute approximate surface area is 206 Å². The van der Waals surface area contributed by atoms with Crippen molar-refractivity contribution in [1.29, 1.82) is 0 Å². The minimum absolute atomic E-state index is 0.0136. The van der Waals surface area contributed by atoms with Crippen molar-refractivity contribution in [3.8, 4) is 11.6 Å². The fourth-order valence-corrected chi connectivity index (χ4v) is 4.34. The number of carbonyl (C=O) groups excluding carboxylic acids is 1. The van der Waals surface area contributed by atoms with E-state index in [4.69, 9.17) is 19.4 Å². The summed E-state index contributed by atoms with van der Waals surface area (Å²) in [6.07, 6.45) is -4.09. The predicted octanol–water partition coefficient (Wildman–Crippen LogP) is 4.63. The van der Waals surface area contributed by atoms with Crippen molar-refractivity contribution in [2.24, 2.45) is 0 Å². The van der Waals surface area contributed by atoms with E-state index in [1.165, 1.54) is 17.0 Å². The Kier molecular flexibility index (Phi) is 6.53. The molecule has 0 radical (unpaired) electrons. The number of ether oxygens (including phenoxy) is 2. The van der Waals surface area contributed by atoms with Crippen LogP contribution in [0.3, 0.4) is 0 Å². The van der Waals surface area contributed by atoms with Gasteiger partial charge >= 0.3 is 6.18 Å². The molecule has 0 atom stereocenters. The van der Waals surface area contributed by atoms with Gasteiger partial charge in [-0.1, -0.05) is 18.2 Å². The average molecular weight is 499 g/mol. The van der Waals surface area contributed by atoms with Crippen LogP contribution in [0.5, 0.6) is 11.6 Å². The van der Waals surface area contributed by atoms with E-state index in [1.54, 1.807) is 0 Å². The molecule has 3 aromatic rings. The van der Waals surface area contributed by atoms with Crippen molar-refractivity contribution in [2.75, 3.05) is 37.7 Å². The third-order valence-corrected chi connectivity index (χ3v) is 6.23. The van der Waals surface area contributed by atoms with Crippen LogP contribution in [0.25, 0.3) is 0 Å². The van der Waals surface area contributed by atoms with E-state index in [0.717, 1.165) is 23.4 Å². The Balaban J connectivity index is 1.47. The van der Waals surface area contributed by atoms with Crippen LogP contribution in [0.2, 0.25) is 0 Å². The Bertz CT molecular complexity index is 1280. The van der Waals surface area contributed by atoms with Gasteiger partial charge in [0.2, 0.25) is 11.8 Å². The largest absolute Gasteiger partial charge is 0.438 e. The van der Waals surface area contributed by atoms with Crippen LogP contribution < -0.4 is 9.64 Å². The maximum atomic E-state index is 13.2. The second kappa shape index (κ2) is 9.77. The second-order valence-corrected chi connectivity index (χ2v) is 8.83. The van der Waals surface area contributed by atoms with Gasteiger partial charge in [-0.3, -0.25) is 4.79 Å². The SMILES string of the molecule is Cc1cccc(Oc2nc(N3CCOCC3)nc3c2CN(C(=O)c2cccc(C(F)(F)F)c2)CC3)c1. The zero-order chi connectivity index (χ0) is 25.3. The molecule has 1 saturated heterocycles. The molecular weight excluding hydrogens is 473 g/mol. The molecule has 0 unspecified atom stereocenters. The zero-order valence-electron chi connectivity index (χ0n) is 19.7. The first-order valence-electron chi connectivity index (χ1n) is 11.7. The van der Waals surface area contributed by atoms with E-state index in [1.807, 2.05) is 36.1 Å². The summed E-state index contributed by atoms with van der Waals surface area (Å²) in [4.78, 5) is 26.2. The molecule has 36 heavy (non-hydrogen) atoms. The van der Waals surface area contributed by atoms with Gasteiger partial charge in [-0.25, -0.2) is 4.98 Å². The summed E-state index contributed by atoms with van der Waals surface area (Å²) in [5.74, 6) is 1.00. The van der Waals surface area contributed by atoms with Gasteiger partial charge in [-0.15, -0.1) is 0 Å². The Morgan fingerprint density at radius 1 is 1.03 bits per heavy atom. The molecule has 2 aromatic carbocycles. The summed E-state index contributed by atoms with van der Waals surface area (Å²) in [6.45, 7) is 4.88. The highest BCUT2D eigenvalue weighted by atomic mass is 19.4. The van der Waals surface area contributed by atoms with Crippen LogP contribution >= 0.6 is 0 Å². The standard InChI is InChI=1S/C26H25F3N4O3/c1-17-4-2-7-20(14-17)36-23-21-16-33(24(34)18-5-3-6-19(15-18)26(27,28)29)9-8-22(21)30-25(31-23)32-10-12-35-13-11-32/h2-7,14-15H,8-13,16H2,1H3. The number of amides is 1. The minimum Gasteiger partial charge on any atom is -0.438 e. The normalized spacial score (nSPS) is 16.0. The summed E-state index contributed by atoms with van der Waals surface area (Å²) in [7, 11) is 0. The van der Waals surface area contributed by atoms with Gasteiger partial charge in [-0.05, 0) is 42.8 Å². The molecule has 0 aliphatic carbocycles. The van der Waals surface area contributed by atoms with Gasteiger partial charge in [0.15, 0.2) is 0 Å². The highest BCUT2D eigenvalue weighted by Crippen LogP contribution is 2.33. The number of morpholine rings is 1. The summed E-state index contributed by atoms with van der Waals surface area (Å²) in [6, 6.07) is 12.0. The summed E-state index contributed by atoms with van der Waals surface area (Å²) in [5.41, 5.74) is 1.57. The lowest BCUT2D eigenvalue weighted by atomic mass is 10.0. The van der Waals surface area contributed by atoms with E-state index in [0.29, 0.717) is 62.4 Å². The van der Waals surface area contributed by atoms with Crippen LogP contribution in [-0.4, -0.2) is 53.6 Å². The quantitative estimate of drug-likeness (QED) is 0.523. The van der Waals surface area contributed by atoms with Crippen molar-refractivity contribution >= 4 is 11.9 Å². The van der Waals surface area contributed by atoms with Gasteiger partial charge in [0.1, 0.15) is 5.75 Å². The lowest BCUT2D eigenvalue weighted by molar-refractivity contribution is -0.137. The van der Waals surface area contributed by atoms with Gasteiger partial charge in [-0.2, -0.15) is 18.2 Å². The van der Waals surface area contributed by atoms with Gasteiger partial charge in [0.05, 0.1) is 36.6 Å². The molecule has 0 saturated carbocycles. The predicted molar refractivity (Wildman–Crippen MR) is 126 cm³/mol. The number of fused-ring (bicyclic) bond motifs is 1. The first kappa shape index (κ1) is 24.1. The number of nitrogens with zero attached hydrogens (tertiary/aromatic N) is 4. The summed E-state index contributed by atoms with van der Waals surface area (Å²) < 4.78 is 51.2. The van der Waals surface area contributed by atoms with Crippen molar-refractivity contribution in [2.45, 2.75) is 26.1 Å². The number of hydrogen-bond acceptors (Lipinski definition) is 6. The molecule has 2 aliphatic rings. The maximum absolute atomic E-state index is 13.2. The molecule has 0 spiro atoms.